The highest BCUT2D eigenvalue weighted by molar-refractivity contribution is 7.99. The van der Waals surface area contributed by atoms with E-state index < -0.39 is 17.7 Å². The summed E-state index contributed by atoms with van der Waals surface area (Å²) in [6.07, 6.45) is 2.89. The molecule has 5 rings (SSSR count). The number of carbonyl (C=O) groups is 2. The molecule has 0 spiro atoms. The monoisotopic (exact) mass is 507 g/mol. The van der Waals surface area contributed by atoms with Gasteiger partial charge in [-0.3, -0.25) is 9.59 Å². The number of hydrogen-bond acceptors (Lipinski definition) is 5. The number of likely N-dealkylation sites (tertiary alicyclic amines) is 1. The van der Waals surface area contributed by atoms with Crippen LogP contribution in [0.3, 0.4) is 0 Å². The first-order chi connectivity index (χ1) is 17.4. The topological polar surface area (TPSA) is 80.1 Å². The second-order valence-electron chi connectivity index (χ2n) is 8.50. The molecule has 0 radical (unpaired) electrons. The molecule has 7 nitrogen and oxygen atoms in total. The summed E-state index contributed by atoms with van der Waals surface area (Å²) in [6, 6.07) is 14.9. The minimum absolute atomic E-state index is 0.0464. The summed E-state index contributed by atoms with van der Waals surface area (Å²) in [6.45, 7) is 0.476. The molecule has 2 aromatic carbocycles. The molecule has 0 bridgehead atoms. The Morgan fingerprint density at radius 2 is 1.89 bits per heavy atom. The lowest BCUT2D eigenvalue weighted by Crippen LogP contribution is -2.44. The quantitative estimate of drug-likeness (QED) is 0.385. The summed E-state index contributed by atoms with van der Waals surface area (Å²) in [4.78, 5) is 36.5. The maximum atomic E-state index is 13.6. The molecule has 1 atom stereocenters. The van der Waals surface area contributed by atoms with Crippen molar-refractivity contribution >= 4 is 40.4 Å². The van der Waals surface area contributed by atoms with Crippen LogP contribution >= 0.6 is 11.8 Å². The molecule has 2 aromatic heterocycles. The van der Waals surface area contributed by atoms with E-state index >= 15 is 0 Å². The predicted octanol–water partition coefficient (Wildman–Crippen LogP) is 4.64. The molecular formula is C26H23F2N5O2S. The number of aromatic nitrogens is 3. The van der Waals surface area contributed by atoms with Crippen LogP contribution < -0.4 is 5.32 Å². The number of anilines is 1. The first-order valence-corrected chi connectivity index (χ1v) is 12.5. The van der Waals surface area contributed by atoms with Crippen LogP contribution in [0.25, 0.3) is 22.2 Å². The molecule has 1 aliphatic rings. The number of hydrogen-bond donors (Lipinski definition) is 1. The number of halogens is 2. The van der Waals surface area contributed by atoms with Crippen molar-refractivity contribution < 1.29 is 18.4 Å². The third kappa shape index (κ3) is 4.68. The fourth-order valence-electron chi connectivity index (χ4n) is 4.40. The number of imidazole rings is 1. The van der Waals surface area contributed by atoms with Gasteiger partial charge in [-0.15, -0.1) is 0 Å². The van der Waals surface area contributed by atoms with Crippen molar-refractivity contribution in [1.82, 2.24) is 19.4 Å². The highest BCUT2D eigenvalue weighted by Crippen LogP contribution is 2.29. The van der Waals surface area contributed by atoms with Crippen LogP contribution in [-0.2, 0) is 16.6 Å². The molecule has 0 unspecified atom stereocenters. The fraction of sp³-hybridized carbons (Fsp3) is 0.231. The Balaban J connectivity index is 1.28. The van der Waals surface area contributed by atoms with Gasteiger partial charge in [-0.05, 0) is 30.5 Å². The largest absolute Gasteiger partial charge is 0.330 e. The van der Waals surface area contributed by atoms with E-state index in [1.54, 1.807) is 22.7 Å². The van der Waals surface area contributed by atoms with Crippen molar-refractivity contribution in [2.24, 2.45) is 7.05 Å². The molecule has 2 amide bonds. The zero-order chi connectivity index (χ0) is 25.2. The van der Waals surface area contributed by atoms with Gasteiger partial charge in [0.05, 0.1) is 16.8 Å². The molecule has 0 aliphatic carbocycles. The molecule has 4 aromatic rings. The van der Waals surface area contributed by atoms with E-state index in [4.69, 9.17) is 0 Å². The number of nitrogens with zero attached hydrogens (tertiary/aromatic N) is 4. The van der Waals surface area contributed by atoms with E-state index in [9.17, 15) is 18.4 Å². The lowest BCUT2D eigenvalue weighted by molar-refractivity contribution is -0.134. The van der Waals surface area contributed by atoms with Crippen LogP contribution in [0.15, 0.2) is 66.0 Å². The Labute approximate surface area is 210 Å². The lowest BCUT2D eigenvalue weighted by Gasteiger charge is -2.24. The first kappa shape index (κ1) is 23.9. The van der Waals surface area contributed by atoms with Crippen molar-refractivity contribution in [3.8, 4) is 11.1 Å². The molecule has 10 heteroatoms. The maximum absolute atomic E-state index is 13.6. The Bertz CT molecular complexity index is 1440. The summed E-state index contributed by atoms with van der Waals surface area (Å²) >= 11 is 1.17. The summed E-state index contributed by atoms with van der Waals surface area (Å²) in [5, 5.41) is 3.37. The van der Waals surface area contributed by atoms with Crippen LogP contribution in [0, 0.1) is 11.6 Å². The van der Waals surface area contributed by atoms with Crippen LogP contribution in [0.5, 0.6) is 0 Å². The molecule has 1 fully saturated rings. The van der Waals surface area contributed by atoms with E-state index in [0.29, 0.717) is 41.4 Å². The van der Waals surface area contributed by atoms with Gasteiger partial charge in [0.15, 0.2) is 16.8 Å². The number of benzene rings is 2. The summed E-state index contributed by atoms with van der Waals surface area (Å²) in [5.74, 6) is -1.91. The van der Waals surface area contributed by atoms with Gasteiger partial charge in [0.1, 0.15) is 11.9 Å². The maximum Gasteiger partial charge on any atom is 0.248 e. The van der Waals surface area contributed by atoms with Crippen molar-refractivity contribution in [2.45, 2.75) is 24.0 Å². The number of aryl methyl sites for hydroxylation is 1. The van der Waals surface area contributed by atoms with Crippen LogP contribution in [0.1, 0.15) is 12.8 Å². The summed E-state index contributed by atoms with van der Waals surface area (Å²) in [7, 11) is 1.68. The van der Waals surface area contributed by atoms with E-state index in [1.165, 1.54) is 11.8 Å². The number of fused-ring (bicyclic) bond motifs is 1. The number of nitrogens with one attached hydrogen (secondary N) is 1. The molecule has 0 saturated carbocycles. The first-order valence-electron chi connectivity index (χ1n) is 11.5. The van der Waals surface area contributed by atoms with Crippen molar-refractivity contribution in [2.75, 3.05) is 17.6 Å². The van der Waals surface area contributed by atoms with E-state index in [-0.39, 0.29) is 17.6 Å². The predicted molar refractivity (Wildman–Crippen MR) is 134 cm³/mol. The van der Waals surface area contributed by atoms with Gasteiger partial charge in [-0.2, -0.15) is 0 Å². The summed E-state index contributed by atoms with van der Waals surface area (Å²) < 4.78 is 28.8. The Kier molecular flexibility index (Phi) is 6.69. The van der Waals surface area contributed by atoms with Gasteiger partial charge in [0.2, 0.25) is 11.8 Å². The van der Waals surface area contributed by atoms with Crippen LogP contribution in [0.4, 0.5) is 14.6 Å². The molecule has 1 N–H and O–H groups in total. The average Bonchev–Trinajstić information content (AvgIpc) is 3.49. The standard InChI is InChI=1S/C26H23F2N5O2S/c1-32-22-14-19(28)18(27)13-20(22)30-26(32)36-15-23(34)33-12-6-10-21(33)25(35)31-24-17(9-5-11-29-24)16-7-3-2-4-8-16/h2-5,7-9,11,13-14,21H,6,10,12,15H2,1H3,(H,29,31,35)/t21-/m0/s1. The minimum Gasteiger partial charge on any atom is -0.330 e. The smallest absolute Gasteiger partial charge is 0.248 e. The number of amides is 2. The number of carbonyl (C=O) groups excluding carboxylic acids is 2. The second kappa shape index (κ2) is 10.1. The molecule has 36 heavy (non-hydrogen) atoms. The molecule has 3 heterocycles. The Morgan fingerprint density at radius 3 is 2.69 bits per heavy atom. The Hall–Kier alpha value is -3.79. The van der Waals surface area contributed by atoms with Gasteiger partial charge in [0.25, 0.3) is 0 Å². The van der Waals surface area contributed by atoms with Crippen molar-refractivity contribution in [1.29, 1.82) is 0 Å². The number of rotatable bonds is 6. The zero-order valence-electron chi connectivity index (χ0n) is 19.4. The molecular weight excluding hydrogens is 484 g/mol. The second-order valence-corrected chi connectivity index (χ2v) is 9.44. The van der Waals surface area contributed by atoms with Gasteiger partial charge < -0.3 is 14.8 Å². The van der Waals surface area contributed by atoms with Crippen LogP contribution in [0.2, 0.25) is 0 Å². The number of pyridine rings is 1. The minimum atomic E-state index is -0.970. The van der Waals surface area contributed by atoms with Crippen molar-refractivity contribution in [3.05, 3.63) is 72.4 Å². The number of thioether (sulfide) groups is 1. The Morgan fingerprint density at radius 1 is 1.11 bits per heavy atom. The average molecular weight is 508 g/mol. The van der Waals surface area contributed by atoms with Gasteiger partial charge >= 0.3 is 0 Å². The van der Waals surface area contributed by atoms with Gasteiger partial charge in [-0.1, -0.05) is 42.1 Å². The van der Waals surface area contributed by atoms with E-state index in [2.05, 4.69) is 15.3 Å². The van der Waals surface area contributed by atoms with Crippen molar-refractivity contribution in [3.63, 3.8) is 0 Å². The molecule has 1 saturated heterocycles. The molecule has 184 valence electrons. The lowest BCUT2D eigenvalue weighted by atomic mass is 10.1. The fourth-order valence-corrected chi connectivity index (χ4v) is 5.27. The molecule has 1 aliphatic heterocycles. The third-order valence-corrected chi connectivity index (χ3v) is 7.23. The van der Waals surface area contributed by atoms with Crippen LogP contribution in [-0.4, -0.2) is 49.6 Å². The zero-order valence-corrected chi connectivity index (χ0v) is 20.3. The SMILES string of the molecule is Cn1c(SCC(=O)N2CCC[C@H]2C(=O)Nc2ncccc2-c2ccccc2)nc2cc(F)c(F)cc21. The third-order valence-electron chi connectivity index (χ3n) is 6.22. The van der Waals surface area contributed by atoms with E-state index in [1.807, 2.05) is 42.5 Å². The van der Waals surface area contributed by atoms with Gasteiger partial charge in [0, 0.05) is 37.5 Å². The van der Waals surface area contributed by atoms with E-state index in [0.717, 1.165) is 23.3 Å². The summed E-state index contributed by atoms with van der Waals surface area (Å²) in [5.41, 5.74) is 2.48. The normalized spacial score (nSPS) is 15.4. The highest BCUT2D eigenvalue weighted by atomic mass is 32.2. The van der Waals surface area contributed by atoms with Gasteiger partial charge in [-0.25, -0.2) is 18.7 Å². The highest BCUT2D eigenvalue weighted by Gasteiger charge is 2.34.